The number of carbonyl (C=O) groups is 2. The molecule has 1 unspecified atom stereocenters. The molecule has 1 heterocycles. The van der Waals surface area contributed by atoms with Crippen molar-refractivity contribution < 1.29 is 9.59 Å². The zero-order chi connectivity index (χ0) is 16.3. The van der Waals surface area contributed by atoms with Gasteiger partial charge in [-0.25, -0.2) is 0 Å². The predicted octanol–water partition coefficient (Wildman–Crippen LogP) is 0.982. The van der Waals surface area contributed by atoms with E-state index in [1.807, 2.05) is 60.9 Å². The third-order valence-corrected chi connectivity index (χ3v) is 4.59. The molecule has 0 spiro atoms. The maximum absolute atomic E-state index is 12.8. The topological polar surface area (TPSA) is 66.6 Å². The van der Waals surface area contributed by atoms with E-state index in [0.29, 0.717) is 26.2 Å². The molecule has 120 valence electrons. The van der Waals surface area contributed by atoms with Gasteiger partial charge in [0.25, 0.3) is 0 Å². The molecule has 1 aromatic rings. The first-order chi connectivity index (χ1) is 10.3. The van der Waals surface area contributed by atoms with Crippen molar-refractivity contribution in [3.05, 3.63) is 35.9 Å². The Morgan fingerprint density at radius 3 is 2.14 bits per heavy atom. The molecule has 1 aliphatic rings. The molecule has 1 fully saturated rings. The number of rotatable bonds is 4. The summed E-state index contributed by atoms with van der Waals surface area (Å²) in [4.78, 5) is 28.0. The predicted molar refractivity (Wildman–Crippen MR) is 86.3 cm³/mol. The van der Waals surface area contributed by atoms with Crippen molar-refractivity contribution >= 4 is 11.8 Å². The Morgan fingerprint density at radius 1 is 1.09 bits per heavy atom. The van der Waals surface area contributed by atoms with E-state index in [2.05, 4.69) is 0 Å². The number of nitrogens with two attached hydrogens (primary N) is 1. The third-order valence-electron chi connectivity index (χ3n) is 4.59. The fraction of sp³-hybridized carbons (Fsp3) is 0.529. The summed E-state index contributed by atoms with van der Waals surface area (Å²) in [7, 11) is 0. The normalized spacial score (nSPS) is 18.0. The van der Waals surface area contributed by atoms with Gasteiger partial charge in [0.05, 0.1) is 11.5 Å². The summed E-state index contributed by atoms with van der Waals surface area (Å²) >= 11 is 0. The van der Waals surface area contributed by atoms with Gasteiger partial charge in [-0.1, -0.05) is 30.3 Å². The van der Waals surface area contributed by atoms with Crippen molar-refractivity contribution in [3.8, 4) is 0 Å². The van der Waals surface area contributed by atoms with Crippen molar-refractivity contribution in [3.63, 3.8) is 0 Å². The third kappa shape index (κ3) is 3.30. The molecule has 2 N–H and O–H groups in total. The second kappa shape index (κ2) is 6.48. The van der Waals surface area contributed by atoms with Gasteiger partial charge >= 0.3 is 0 Å². The molecule has 0 saturated carbocycles. The molecule has 5 nitrogen and oxygen atoms in total. The Kier molecular flexibility index (Phi) is 4.86. The summed E-state index contributed by atoms with van der Waals surface area (Å²) in [6.45, 7) is 8.36. The average Bonchev–Trinajstić information content (AvgIpc) is 2.54. The molecule has 1 aromatic carbocycles. The molecule has 1 aliphatic heterocycles. The minimum atomic E-state index is -0.543. The summed E-state index contributed by atoms with van der Waals surface area (Å²) in [5.74, 6) is -0.186. The van der Waals surface area contributed by atoms with Gasteiger partial charge in [-0.3, -0.25) is 14.5 Å². The smallest absolute Gasteiger partial charge is 0.234 e. The minimum Gasteiger partial charge on any atom is -0.368 e. The van der Waals surface area contributed by atoms with E-state index in [9.17, 15) is 9.59 Å². The molecule has 1 atom stereocenters. The Balaban J connectivity index is 2.02. The van der Waals surface area contributed by atoms with E-state index in [-0.39, 0.29) is 17.9 Å². The van der Waals surface area contributed by atoms with Crippen LogP contribution in [0.25, 0.3) is 0 Å². The summed E-state index contributed by atoms with van der Waals surface area (Å²) in [5, 5.41) is 0. The summed E-state index contributed by atoms with van der Waals surface area (Å²) < 4.78 is 0. The first-order valence-electron chi connectivity index (χ1n) is 7.72. The van der Waals surface area contributed by atoms with E-state index in [1.165, 1.54) is 0 Å². The van der Waals surface area contributed by atoms with Crippen LogP contribution in [0, 0.1) is 0 Å². The number of hydrogen-bond acceptors (Lipinski definition) is 3. The molecular formula is C17H25N3O2. The maximum atomic E-state index is 12.8. The minimum absolute atomic E-state index is 0.130. The highest BCUT2D eigenvalue weighted by molar-refractivity contribution is 5.87. The SMILES string of the molecule is CC(C(N)=O)N1CCN(C(=O)C(C)(C)c2ccccc2)CC1. The molecule has 0 aliphatic carbocycles. The number of benzene rings is 1. The first kappa shape index (κ1) is 16.5. The van der Waals surface area contributed by atoms with Crippen LogP contribution < -0.4 is 5.73 Å². The molecule has 0 radical (unpaired) electrons. The van der Waals surface area contributed by atoms with Crippen molar-refractivity contribution in [2.75, 3.05) is 26.2 Å². The standard InChI is InChI=1S/C17H25N3O2/c1-13(15(18)21)19-9-11-20(12-10-19)16(22)17(2,3)14-7-5-4-6-8-14/h4-8,13H,9-12H2,1-3H3,(H2,18,21). The number of piperazine rings is 1. The molecule has 0 bridgehead atoms. The fourth-order valence-corrected chi connectivity index (χ4v) is 2.87. The Morgan fingerprint density at radius 2 is 1.64 bits per heavy atom. The van der Waals surface area contributed by atoms with Gasteiger partial charge in [0, 0.05) is 26.2 Å². The first-order valence-corrected chi connectivity index (χ1v) is 7.72. The van der Waals surface area contributed by atoms with Crippen molar-refractivity contribution in [1.29, 1.82) is 0 Å². The average molecular weight is 303 g/mol. The Hall–Kier alpha value is -1.88. The molecular weight excluding hydrogens is 278 g/mol. The molecule has 1 saturated heterocycles. The van der Waals surface area contributed by atoms with Crippen LogP contribution in [0.15, 0.2) is 30.3 Å². The second-order valence-electron chi connectivity index (χ2n) is 6.40. The number of nitrogens with zero attached hydrogens (tertiary/aromatic N) is 2. The van der Waals surface area contributed by atoms with Gasteiger partial charge in [-0.2, -0.15) is 0 Å². The zero-order valence-corrected chi connectivity index (χ0v) is 13.6. The highest BCUT2D eigenvalue weighted by Gasteiger charge is 2.35. The fourth-order valence-electron chi connectivity index (χ4n) is 2.87. The summed E-state index contributed by atoms with van der Waals surface area (Å²) in [6.07, 6.45) is 0. The Labute approximate surface area is 132 Å². The lowest BCUT2D eigenvalue weighted by atomic mass is 9.83. The van der Waals surface area contributed by atoms with Crippen LogP contribution in [-0.2, 0) is 15.0 Å². The highest BCUT2D eigenvalue weighted by Crippen LogP contribution is 2.26. The lowest BCUT2D eigenvalue weighted by Gasteiger charge is -2.40. The maximum Gasteiger partial charge on any atom is 0.234 e. The van der Waals surface area contributed by atoms with E-state index in [0.717, 1.165) is 5.56 Å². The van der Waals surface area contributed by atoms with Gasteiger partial charge in [-0.05, 0) is 26.3 Å². The van der Waals surface area contributed by atoms with Crippen LogP contribution in [0.1, 0.15) is 26.3 Å². The van der Waals surface area contributed by atoms with Crippen LogP contribution in [0.2, 0.25) is 0 Å². The van der Waals surface area contributed by atoms with E-state index in [4.69, 9.17) is 5.73 Å². The van der Waals surface area contributed by atoms with E-state index in [1.54, 1.807) is 0 Å². The second-order valence-corrected chi connectivity index (χ2v) is 6.40. The van der Waals surface area contributed by atoms with E-state index < -0.39 is 5.41 Å². The number of hydrogen-bond donors (Lipinski definition) is 1. The van der Waals surface area contributed by atoms with Crippen molar-refractivity contribution in [2.24, 2.45) is 5.73 Å². The van der Waals surface area contributed by atoms with Gasteiger partial charge in [-0.15, -0.1) is 0 Å². The number of carbonyl (C=O) groups excluding carboxylic acids is 2. The Bertz CT molecular complexity index is 534. The molecule has 0 aromatic heterocycles. The van der Waals surface area contributed by atoms with Gasteiger partial charge < -0.3 is 10.6 Å². The molecule has 2 amide bonds. The van der Waals surface area contributed by atoms with Gasteiger partial charge in [0.15, 0.2) is 0 Å². The molecule has 5 heteroatoms. The van der Waals surface area contributed by atoms with E-state index >= 15 is 0 Å². The summed E-state index contributed by atoms with van der Waals surface area (Å²) in [5.41, 5.74) is 5.82. The van der Waals surface area contributed by atoms with Crippen molar-refractivity contribution in [1.82, 2.24) is 9.80 Å². The highest BCUT2D eigenvalue weighted by atomic mass is 16.2. The number of amides is 2. The largest absolute Gasteiger partial charge is 0.368 e. The quantitative estimate of drug-likeness (QED) is 0.902. The van der Waals surface area contributed by atoms with Crippen LogP contribution in [0.5, 0.6) is 0 Å². The van der Waals surface area contributed by atoms with Crippen molar-refractivity contribution in [2.45, 2.75) is 32.2 Å². The lowest BCUT2D eigenvalue weighted by Crippen LogP contribution is -2.56. The summed E-state index contributed by atoms with van der Waals surface area (Å²) in [6, 6.07) is 9.56. The van der Waals surface area contributed by atoms with Crippen LogP contribution in [0.3, 0.4) is 0 Å². The van der Waals surface area contributed by atoms with Crippen LogP contribution >= 0.6 is 0 Å². The van der Waals surface area contributed by atoms with Crippen LogP contribution in [-0.4, -0.2) is 53.8 Å². The van der Waals surface area contributed by atoms with Gasteiger partial charge in [0.1, 0.15) is 0 Å². The van der Waals surface area contributed by atoms with Crippen LogP contribution in [0.4, 0.5) is 0 Å². The number of primary amides is 1. The van der Waals surface area contributed by atoms with Gasteiger partial charge in [0.2, 0.25) is 11.8 Å². The zero-order valence-electron chi connectivity index (χ0n) is 13.6. The molecule has 22 heavy (non-hydrogen) atoms. The molecule has 2 rings (SSSR count). The monoisotopic (exact) mass is 303 g/mol. The lowest BCUT2D eigenvalue weighted by molar-refractivity contribution is -0.138.